The maximum Gasteiger partial charge on any atom is 0.254 e. The smallest absolute Gasteiger partial charge is 0.254 e. The molecular formula is C23H28N4O. The molecule has 0 fully saturated rings. The third-order valence-electron chi connectivity index (χ3n) is 4.90. The second-order valence-corrected chi connectivity index (χ2v) is 7.48. The molecule has 1 N–H and O–H groups in total. The van der Waals surface area contributed by atoms with Gasteiger partial charge in [-0.05, 0) is 45.6 Å². The summed E-state index contributed by atoms with van der Waals surface area (Å²) < 4.78 is 0. The van der Waals surface area contributed by atoms with Crippen LogP contribution in [0, 0.1) is 13.8 Å². The minimum Gasteiger partial charge on any atom is -0.346 e. The van der Waals surface area contributed by atoms with Gasteiger partial charge in [0.15, 0.2) is 0 Å². The van der Waals surface area contributed by atoms with Crippen molar-refractivity contribution in [2.24, 2.45) is 0 Å². The summed E-state index contributed by atoms with van der Waals surface area (Å²) in [5.74, 6) is 0.874. The molecule has 0 aliphatic carbocycles. The van der Waals surface area contributed by atoms with E-state index >= 15 is 0 Å². The van der Waals surface area contributed by atoms with Gasteiger partial charge in [-0.25, -0.2) is 4.98 Å². The number of aryl methyl sites for hydroxylation is 2. The molecule has 0 spiro atoms. The predicted octanol–water partition coefficient (Wildman–Crippen LogP) is 4.07. The lowest BCUT2D eigenvalue weighted by atomic mass is 10.0. The van der Waals surface area contributed by atoms with Crippen LogP contribution in [0.2, 0.25) is 0 Å². The van der Waals surface area contributed by atoms with Gasteiger partial charge in [0.2, 0.25) is 0 Å². The summed E-state index contributed by atoms with van der Waals surface area (Å²) in [7, 11) is 5.93. The molecule has 3 aromatic rings. The van der Waals surface area contributed by atoms with Crippen molar-refractivity contribution in [2.75, 3.05) is 27.7 Å². The second kappa shape index (κ2) is 8.40. The highest BCUT2D eigenvalue weighted by Crippen LogP contribution is 2.25. The zero-order valence-corrected chi connectivity index (χ0v) is 17.2. The molecule has 146 valence electrons. The summed E-state index contributed by atoms with van der Waals surface area (Å²) in [4.78, 5) is 25.0. The average Bonchev–Trinajstić information content (AvgIpc) is 3.03. The lowest BCUT2D eigenvalue weighted by Crippen LogP contribution is -2.37. The molecule has 0 aliphatic heterocycles. The number of likely N-dealkylation sites (N-methyl/N-ethyl adjacent to an activating group) is 2. The van der Waals surface area contributed by atoms with Crippen LogP contribution < -0.4 is 0 Å². The van der Waals surface area contributed by atoms with Gasteiger partial charge in [0.05, 0.1) is 11.7 Å². The zero-order chi connectivity index (χ0) is 20.3. The number of rotatable bonds is 6. The van der Waals surface area contributed by atoms with Crippen LogP contribution in [-0.4, -0.2) is 53.4 Å². The number of carbonyl (C=O) groups is 1. The predicted molar refractivity (Wildman–Crippen MR) is 113 cm³/mol. The molecule has 2 aromatic carbocycles. The molecule has 1 aromatic heterocycles. The number of benzene rings is 2. The number of aromatic nitrogens is 2. The van der Waals surface area contributed by atoms with Crippen LogP contribution in [0.3, 0.4) is 0 Å². The van der Waals surface area contributed by atoms with E-state index in [2.05, 4.69) is 27.0 Å². The summed E-state index contributed by atoms with van der Waals surface area (Å²) in [6.45, 7) is 4.69. The van der Waals surface area contributed by atoms with Crippen molar-refractivity contribution in [1.29, 1.82) is 0 Å². The minimum absolute atomic E-state index is 0.00228. The van der Waals surface area contributed by atoms with Gasteiger partial charge in [-0.15, -0.1) is 0 Å². The van der Waals surface area contributed by atoms with Gasteiger partial charge in [-0.2, -0.15) is 0 Å². The van der Waals surface area contributed by atoms with Crippen molar-refractivity contribution >= 4 is 5.91 Å². The van der Waals surface area contributed by atoms with E-state index in [9.17, 15) is 4.79 Å². The Labute approximate surface area is 167 Å². The molecular weight excluding hydrogens is 348 g/mol. The molecule has 0 aliphatic rings. The lowest BCUT2D eigenvalue weighted by molar-refractivity contribution is 0.0705. The number of H-pyrrole nitrogens is 1. The first-order valence-electron chi connectivity index (χ1n) is 9.47. The quantitative estimate of drug-likeness (QED) is 0.706. The fourth-order valence-corrected chi connectivity index (χ4v) is 3.51. The van der Waals surface area contributed by atoms with Gasteiger partial charge in [0.25, 0.3) is 5.91 Å². The normalized spacial score (nSPS) is 12.2. The fourth-order valence-electron chi connectivity index (χ4n) is 3.51. The summed E-state index contributed by atoms with van der Waals surface area (Å²) in [5, 5.41) is 0. The Bertz CT molecular complexity index is 946. The van der Waals surface area contributed by atoms with Gasteiger partial charge < -0.3 is 14.8 Å². The maximum atomic E-state index is 13.3. The molecule has 0 radical (unpaired) electrons. The molecule has 5 heteroatoms. The van der Waals surface area contributed by atoms with Crippen molar-refractivity contribution in [3.05, 3.63) is 77.2 Å². The largest absolute Gasteiger partial charge is 0.346 e. The van der Waals surface area contributed by atoms with Crippen LogP contribution in [0.1, 0.15) is 33.5 Å². The Kier molecular flexibility index (Phi) is 5.95. The highest BCUT2D eigenvalue weighted by molar-refractivity contribution is 5.95. The van der Waals surface area contributed by atoms with Gasteiger partial charge in [0, 0.05) is 30.4 Å². The fraction of sp³-hybridized carbons (Fsp3) is 0.304. The van der Waals surface area contributed by atoms with Crippen molar-refractivity contribution in [1.82, 2.24) is 19.8 Å². The SMILES string of the molecule is Cc1nc(-c2cccc(C(=O)N(C)[C@H](CN(C)C)c3ccccc3)c2)c(C)[nH]1. The monoisotopic (exact) mass is 376 g/mol. The first-order valence-corrected chi connectivity index (χ1v) is 9.47. The maximum absolute atomic E-state index is 13.3. The standard InChI is InChI=1S/C23H28N4O/c1-16-22(25-17(2)24-16)19-12-9-13-20(14-19)23(28)27(5)21(15-26(3)4)18-10-7-6-8-11-18/h6-14,21H,15H2,1-5H3,(H,24,25)/t21-/m1/s1. The zero-order valence-electron chi connectivity index (χ0n) is 17.2. The highest BCUT2D eigenvalue weighted by atomic mass is 16.2. The number of imidazole rings is 1. The molecule has 0 bridgehead atoms. The van der Waals surface area contributed by atoms with E-state index in [1.165, 1.54) is 0 Å². The molecule has 28 heavy (non-hydrogen) atoms. The number of carbonyl (C=O) groups excluding carboxylic acids is 1. The molecule has 0 saturated carbocycles. The van der Waals surface area contributed by atoms with E-state index in [0.29, 0.717) is 5.56 Å². The van der Waals surface area contributed by atoms with E-state index in [-0.39, 0.29) is 11.9 Å². The molecule has 0 unspecified atom stereocenters. The van der Waals surface area contributed by atoms with Gasteiger partial charge in [-0.3, -0.25) is 4.79 Å². The van der Waals surface area contributed by atoms with Crippen molar-refractivity contribution in [3.8, 4) is 11.3 Å². The number of nitrogens with zero attached hydrogens (tertiary/aromatic N) is 3. The van der Waals surface area contributed by atoms with Crippen LogP contribution >= 0.6 is 0 Å². The molecule has 3 rings (SSSR count). The Morgan fingerprint density at radius 2 is 1.75 bits per heavy atom. The molecule has 1 amide bonds. The van der Waals surface area contributed by atoms with Gasteiger partial charge in [0.1, 0.15) is 5.82 Å². The van der Waals surface area contributed by atoms with Crippen LogP contribution in [0.25, 0.3) is 11.3 Å². The molecule has 5 nitrogen and oxygen atoms in total. The summed E-state index contributed by atoms with van der Waals surface area (Å²) in [6, 6.07) is 17.9. The number of hydrogen-bond acceptors (Lipinski definition) is 3. The van der Waals surface area contributed by atoms with E-state index in [1.807, 2.05) is 82.4 Å². The van der Waals surface area contributed by atoms with Gasteiger partial charge in [-0.1, -0.05) is 42.5 Å². The number of amides is 1. The van der Waals surface area contributed by atoms with Gasteiger partial charge >= 0.3 is 0 Å². The van der Waals surface area contributed by atoms with E-state index < -0.39 is 0 Å². The minimum atomic E-state index is -0.0262. The molecule has 0 saturated heterocycles. The topological polar surface area (TPSA) is 52.2 Å². The average molecular weight is 377 g/mol. The lowest BCUT2D eigenvalue weighted by Gasteiger charge is -2.31. The Morgan fingerprint density at radius 1 is 1.04 bits per heavy atom. The second-order valence-electron chi connectivity index (χ2n) is 7.48. The van der Waals surface area contributed by atoms with E-state index in [4.69, 9.17) is 0 Å². The number of hydrogen-bond donors (Lipinski definition) is 1. The van der Waals surface area contributed by atoms with E-state index in [1.54, 1.807) is 0 Å². The summed E-state index contributed by atoms with van der Waals surface area (Å²) in [6.07, 6.45) is 0. The third kappa shape index (κ3) is 4.31. The van der Waals surface area contributed by atoms with E-state index in [0.717, 1.165) is 34.9 Å². The van der Waals surface area contributed by atoms with Crippen molar-refractivity contribution < 1.29 is 4.79 Å². The van der Waals surface area contributed by atoms with Crippen LogP contribution in [0.4, 0.5) is 0 Å². The summed E-state index contributed by atoms with van der Waals surface area (Å²) in [5.41, 5.74) is 4.64. The molecule has 1 heterocycles. The Morgan fingerprint density at radius 3 is 2.36 bits per heavy atom. The van der Waals surface area contributed by atoms with Crippen LogP contribution in [-0.2, 0) is 0 Å². The first-order chi connectivity index (χ1) is 13.4. The number of nitrogens with one attached hydrogen (secondary N) is 1. The van der Waals surface area contributed by atoms with Crippen molar-refractivity contribution in [2.45, 2.75) is 19.9 Å². The van der Waals surface area contributed by atoms with Crippen LogP contribution in [0.5, 0.6) is 0 Å². The summed E-state index contributed by atoms with van der Waals surface area (Å²) >= 11 is 0. The Balaban J connectivity index is 1.91. The first kappa shape index (κ1) is 19.8. The molecule has 1 atom stereocenters. The third-order valence-corrected chi connectivity index (χ3v) is 4.90. The van der Waals surface area contributed by atoms with Crippen molar-refractivity contribution in [3.63, 3.8) is 0 Å². The van der Waals surface area contributed by atoms with Crippen LogP contribution in [0.15, 0.2) is 54.6 Å². The highest BCUT2D eigenvalue weighted by Gasteiger charge is 2.23. The Hall–Kier alpha value is -2.92. The number of aromatic amines is 1.